The zero-order valence-electron chi connectivity index (χ0n) is 11.9. The third-order valence-electron chi connectivity index (χ3n) is 3.67. The Morgan fingerprint density at radius 1 is 1.11 bits per heavy atom. The minimum atomic E-state index is -0.0771. The number of nitrogens with one attached hydrogen (secondary N) is 1. The van der Waals surface area contributed by atoms with E-state index in [1.165, 1.54) is 0 Å². The summed E-state index contributed by atoms with van der Waals surface area (Å²) in [5, 5.41) is 3.58. The van der Waals surface area contributed by atoms with Crippen molar-refractivity contribution in [1.82, 2.24) is 5.32 Å². The molecule has 0 aliphatic carbocycles. The van der Waals surface area contributed by atoms with E-state index < -0.39 is 0 Å². The van der Waals surface area contributed by atoms with Gasteiger partial charge in [-0.1, -0.05) is 51.8 Å². The molecule has 0 spiro atoms. The van der Waals surface area contributed by atoms with E-state index in [0.29, 0.717) is 12.0 Å². The number of halogens is 1. The standard InChI is InChI=1S/C16H26FN/c1-4-11-18-16(13(5-2)6-3)12-14-9-7-8-10-15(14)17/h7-10,13,16,18H,4-6,11-12H2,1-3H3. The van der Waals surface area contributed by atoms with Crippen LogP contribution < -0.4 is 5.32 Å². The first-order chi connectivity index (χ1) is 8.72. The largest absolute Gasteiger partial charge is 0.313 e. The fourth-order valence-electron chi connectivity index (χ4n) is 2.49. The van der Waals surface area contributed by atoms with Gasteiger partial charge in [-0.05, 0) is 36.9 Å². The molecule has 2 heteroatoms. The normalized spacial score (nSPS) is 12.9. The van der Waals surface area contributed by atoms with Crippen LogP contribution in [0.3, 0.4) is 0 Å². The van der Waals surface area contributed by atoms with Crippen molar-refractivity contribution in [3.63, 3.8) is 0 Å². The SMILES string of the molecule is CCCNC(Cc1ccccc1F)C(CC)CC. The van der Waals surface area contributed by atoms with Gasteiger partial charge in [0.05, 0.1) is 0 Å². The van der Waals surface area contributed by atoms with E-state index >= 15 is 0 Å². The maximum Gasteiger partial charge on any atom is 0.126 e. The van der Waals surface area contributed by atoms with Crippen molar-refractivity contribution in [3.8, 4) is 0 Å². The van der Waals surface area contributed by atoms with Crippen molar-refractivity contribution in [1.29, 1.82) is 0 Å². The lowest BCUT2D eigenvalue weighted by Gasteiger charge is -2.26. The fraction of sp³-hybridized carbons (Fsp3) is 0.625. The van der Waals surface area contributed by atoms with Crippen LogP contribution in [0.5, 0.6) is 0 Å². The van der Waals surface area contributed by atoms with Crippen LogP contribution in [0.2, 0.25) is 0 Å². The van der Waals surface area contributed by atoms with E-state index in [-0.39, 0.29) is 5.82 Å². The molecule has 0 bridgehead atoms. The summed E-state index contributed by atoms with van der Waals surface area (Å²) < 4.78 is 13.7. The van der Waals surface area contributed by atoms with E-state index in [9.17, 15) is 4.39 Å². The average Bonchev–Trinajstić information content (AvgIpc) is 2.39. The Hall–Kier alpha value is -0.890. The predicted molar refractivity (Wildman–Crippen MR) is 76.3 cm³/mol. The molecule has 1 rings (SSSR count). The van der Waals surface area contributed by atoms with Gasteiger partial charge in [0.1, 0.15) is 5.82 Å². The molecule has 18 heavy (non-hydrogen) atoms. The van der Waals surface area contributed by atoms with Crippen molar-refractivity contribution < 1.29 is 4.39 Å². The third-order valence-corrected chi connectivity index (χ3v) is 3.67. The molecule has 1 N–H and O–H groups in total. The van der Waals surface area contributed by atoms with Crippen molar-refractivity contribution in [3.05, 3.63) is 35.6 Å². The van der Waals surface area contributed by atoms with Gasteiger partial charge in [0.25, 0.3) is 0 Å². The Morgan fingerprint density at radius 2 is 1.78 bits per heavy atom. The van der Waals surface area contributed by atoms with Crippen molar-refractivity contribution in [2.75, 3.05) is 6.54 Å². The molecule has 0 saturated carbocycles. The second-order valence-electron chi connectivity index (χ2n) is 4.93. The van der Waals surface area contributed by atoms with Crippen LogP contribution >= 0.6 is 0 Å². The second-order valence-corrected chi connectivity index (χ2v) is 4.93. The Kier molecular flexibility index (Phi) is 6.96. The van der Waals surface area contributed by atoms with E-state index in [2.05, 4.69) is 26.1 Å². The molecule has 0 aromatic heterocycles. The smallest absolute Gasteiger partial charge is 0.126 e. The summed E-state index contributed by atoms with van der Waals surface area (Å²) in [6.07, 6.45) is 4.20. The van der Waals surface area contributed by atoms with Crippen LogP contribution in [0, 0.1) is 11.7 Å². The Balaban J connectivity index is 2.74. The van der Waals surface area contributed by atoms with Gasteiger partial charge in [0, 0.05) is 6.04 Å². The van der Waals surface area contributed by atoms with E-state index in [0.717, 1.165) is 37.8 Å². The lowest BCUT2D eigenvalue weighted by molar-refractivity contribution is 0.329. The third kappa shape index (κ3) is 4.41. The van der Waals surface area contributed by atoms with Crippen LogP contribution in [0.15, 0.2) is 24.3 Å². The van der Waals surface area contributed by atoms with Gasteiger partial charge in [-0.15, -0.1) is 0 Å². The Labute approximate surface area is 111 Å². The van der Waals surface area contributed by atoms with Crippen molar-refractivity contribution >= 4 is 0 Å². The van der Waals surface area contributed by atoms with E-state index in [1.54, 1.807) is 12.1 Å². The highest BCUT2D eigenvalue weighted by Crippen LogP contribution is 2.19. The molecular weight excluding hydrogens is 225 g/mol. The molecule has 1 nitrogen and oxygen atoms in total. The first-order valence-corrected chi connectivity index (χ1v) is 7.19. The van der Waals surface area contributed by atoms with Crippen molar-refractivity contribution in [2.45, 2.75) is 52.5 Å². The predicted octanol–water partition coefficient (Wildman–Crippen LogP) is 4.17. The Morgan fingerprint density at radius 3 is 2.33 bits per heavy atom. The Bertz CT molecular complexity index is 334. The monoisotopic (exact) mass is 251 g/mol. The van der Waals surface area contributed by atoms with Gasteiger partial charge >= 0.3 is 0 Å². The highest BCUT2D eigenvalue weighted by molar-refractivity contribution is 5.18. The van der Waals surface area contributed by atoms with Gasteiger partial charge in [0.15, 0.2) is 0 Å². The molecule has 102 valence electrons. The van der Waals surface area contributed by atoms with Crippen LogP contribution in [0.25, 0.3) is 0 Å². The molecule has 1 atom stereocenters. The quantitative estimate of drug-likeness (QED) is 0.731. The van der Waals surface area contributed by atoms with Gasteiger partial charge in [0.2, 0.25) is 0 Å². The lowest BCUT2D eigenvalue weighted by Crippen LogP contribution is -2.38. The topological polar surface area (TPSA) is 12.0 Å². The van der Waals surface area contributed by atoms with Crippen molar-refractivity contribution in [2.24, 2.45) is 5.92 Å². The van der Waals surface area contributed by atoms with E-state index in [4.69, 9.17) is 0 Å². The summed E-state index contributed by atoms with van der Waals surface area (Å²) in [6, 6.07) is 7.52. The minimum Gasteiger partial charge on any atom is -0.313 e. The molecule has 0 heterocycles. The molecular formula is C16H26FN. The molecule has 0 aliphatic heterocycles. The van der Waals surface area contributed by atoms with Crippen LogP contribution in [-0.4, -0.2) is 12.6 Å². The second kappa shape index (κ2) is 8.25. The number of hydrogen-bond donors (Lipinski definition) is 1. The first-order valence-electron chi connectivity index (χ1n) is 7.19. The summed E-state index contributed by atoms with van der Waals surface area (Å²) in [5.74, 6) is 0.544. The minimum absolute atomic E-state index is 0.0771. The molecule has 0 amide bonds. The van der Waals surface area contributed by atoms with Crippen LogP contribution in [-0.2, 0) is 6.42 Å². The summed E-state index contributed by atoms with van der Waals surface area (Å²) >= 11 is 0. The fourth-order valence-corrected chi connectivity index (χ4v) is 2.49. The molecule has 1 aromatic rings. The molecule has 1 aromatic carbocycles. The van der Waals surface area contributed by atoms with Gasteiger partial charge in [-0.25, -0.2) is 4.39 Å². The molecule has 0 aliphatic rings. The molecule has 1 unspecified atom stereocenters. The molecule has 0 fully saturated rings. The summed E-state index contributed by atoms with van der Waals surface area (Å²) in [7, 11) is 0. The highest BCUT2D eigenvalue weighted by Gasteiger charge is 2.19. The highest BCUT2D eigenvalue weighted by atomic mass is 19.1. The number of rotatable bonds is 8. The lowest BCUT2D eigenvalue weighted by atomic mass is 9.89. The zero-order chi connectivity index (χ0) is 13.4. The zero-order valence-corrected chi connectivity index (χ0v) is 11.9. The number of hydrogen-bond acceptors (Lipinski definition) is 1. The van der Waals surface area contributed by atoms with Crippen LogP contribution in [0.4, 0.5) is 4.39 Å². The van der Waals surface area contributed by atoms with Crippen LogP contribution in [0.1, 0.15) is 45.6 Å². The maximum absolute atomic E-state index is 13.7. The summed E-state index contributed by atoms with van der Waals surface area (Å²) in [5.41, 5.74) is 0.831. The maximum atomic E-state index is 13.7. The molecule has 0 saturated heterocycles. The first kappa shape index (κ1) is 15.2. The number of benzene rings is 1. The summed E-state index contributed by atoms with van der Waals surface area (Å²) in [4.78, 5) is 0. The van der Waals surface area contributed by atoms with Gasteiger partial charge in [-0.3, -0.25) is 0 Å². The van der Waals surface area contributed by atoms with Gasteiger partial charge in [-0.2, -0.15) is 0 Å². The summed E-state index contributed by atoms with van der Waals surface area (Å²) in [6.45, 7) is 7.61. The van der Waals surface area contributed by atoms with E-state index in [1.807, 2.05) is 12.1 Å². The average molecular weight is 251 g/mol. The van der Waals surface area contributed by atoms with Gasteiger partial charge < -0.3 is 5.32 Å². The molecule has 0 radical (unpaired) electrons.